The third kappa shape index (κ3) is 4.06. The van der Waals surface area contributed by atoms with Crippen LogP contribution in [0.4, 0.5) is 0 Å². The van der Waals surface area contributed by atoms with Crippen molar-refractivity contribution in [1.29, 1.82) is 0 Å². The molecule has 5 nitrogen and oxygen atoms in total. The summed E-state index contributed by atoms with van der Waals surface area (Å²) in [5, 5.41) is 0. The summed E-state index contributed by atoms with van der Waals surface area (Å²) in [4.78, 5) is 14.0. The molecule has 1 aliphatic heterocycles. The summed E-state index contributed by atoms with van der Waals surface area (Å²) in [7, 11) is -3.75. The van der Waals surface area contributed by atoms with E-state index in [-0.39, 0.29) is 10.8 Å². The molecular weight excluding hydrogens is 424 g/mol. The van der Waals surface area contributed by atoms with Crippen LogP contribution in [0, 0.1) is 0 Å². The average Bonchev–Trinajstić information content (AvgIpc) is 2.90. The number of benzene rings is 1. The molecule has 1 atom stereocenters. The smallest absolute Gasteiger partial charge is 0.242 e. The van der Waals surface area contributed by atoms with Crippen LogP contribution in [0.1, 0.15) is 19.8 Å². The quantitative estimate of drug-likeness (QED) is 0.783. The molecule has 1 saturated heterocycles. The van der Waals surface area contributed by atoms with E-state index in [0.29, 0.717) is 17.6 Å². The second-order valence-corrected chi connectivity index (χ2v) is 8.40. The van der Waals surface area contributed by atoms with Gasteiger partial charge < -0.3 is 4.90 Å². The lowest BCUT2D eigenvalue weighted by Gasteiger charge is -2.21. The maximum Gasteiger partial charge on any atom is 0.242 e. The van der Waals surface area contributed by atoms with Crippen molar-refractivity contribution in [3.05, 3.63) is 27.1 Å². The fraction of sp³-hybridized carbons (Fsp3) is 0.462. The zero-order chi connectivity index (χ0) is 15.6. The van der Waals surface area contributed by atoms with Gasteiger partial charge in [0.15, 0.2) is 0 Å². The minimum absolute atomic E-state index is 0.117. The van der Waals surface area contributed by atoms with Gasteiger partial charge in [-0.05, 0) is 53.9 Å². The lowest BCUT2D eigenvalue weighted by molar-refractivity contribution is -0.131. The van der Waals surface area contributed by atoms with Crippen LogP contribution in [-0.2, 0) is 14.8 Å². The number of hydrogen-bond acceptors (Lipinski definition) is 3. The van der Waals surface area contributed by atoms with E-state index in [9.17, 15) is 13.2 Å². The van der Waals surface area contributed by atoms with E-state index in [1.54, 1.807) is 24.0 Å². The van der Waals surface area contributed by atoms with Crippen LogP contribution >= 0.6 is 31.9 Å². The SMILES string of the molecule is CC(NS(=O)(=O)c1ccc(Br)cc1Br)C(=O)N1CCCC1. The highest BCUT2D eigenvalue weighted by Crippen LogP contribution is 2.25. The van der Waals surface area contributed by atoms with Gasteiger partial charge in [0.1, 0.15) is 0 Å². The number of likely N-dealkylation sites (tertiary alicyclic amines) is 1. The van der Waals surface area contributed by atoms with Gasteiger partial charge >= 0.3 is 0 Å². The van der Waals surface area contributed by atoms with Crippen LogP contribution in [-0.4, -0.2) is 38.4 Å². The van der Waals surface area contributed by atoms with Gasteiger partial charge in [-0.2, -0.15) is 4.72 Å². The third-order valence-electron chi connectivity index (χ3n) is 3.30. The molecule has 0 saturated carbocycles. The van der Waals surface area contributed by atoms with E-state index in [2.05, 4.69) is 36.6 Å². The van der Waals surface area contributed by atoms with E-state index < -0.39 is 16.1 Å². The molecule has 1 aromatic rings. The number of sulfonamides is 1. The van der Waals surface area contributed by atoms with Crippen molar-refractivity contribution >= 4 is 47.8 Å². The standard InChI is InChI=1S/C13H16Br2N2O3S/c1-9(13(18)17-6-2-3-7-17)16-21(19,20)12-5-4-10(14)8-11(12)15/h4-5,8-9,16H,2-3,6-7H2,1H3. The topological polar surface area (TPSA) is 66.5 Å². The Labute approximate surface area is 141 Å². The minimum Gasteiger partial charge on any atom is -0.341 e. The number of rotatable bonds is 4. The van der Waals surface area contributed by atoms with Crippen molar-refractivity contribution < 1.29 is 13.2 Å². The molecule has 8 heteroatoms. The second kappa shape index (κ2) is 6.76. The van der Waals surface area contributed by atoms with Crippen molar-refractivity contribution in [2.75, 3.05) is 13.1 Å². The molecule has 1 aliphatic rings. The number of carbonyl (C=O) groups is 1. The first-order valence-electron chi connectivity index (χ1n) is 6.57. The second-order valence-electron chi connectivity index (χ2n) is 4.95. The van der Waals surface area contributed by atoms with E-state index >= 15 is 0 Å². The predicted molar refractivity (Wildman–Crippen MR) is 87.4 cm³/mol. The fourth-order valence-corrected chi connectivity index (χ4v) is 5.19. The third-order valence-corrected chi connectivity index (χ3v) is 6.31. The number of nitrogens with zero attached hydrogens (tertiary/aromatic N) is 1. The van der Waals surface area contributed by atoms with Crippen molar-refractivity contribution in [1.82, 2.24) is 9.62 Å². The van der Waals surface area contributed by atoms with E-state index in [0.717, 1.165) is 17.3 Å². The molecule has 0 aromatic heterocycles. The lowest BCUT2D eigenvalue weighted by atomic mass is 10.3. The van der Waals surface area contributed by atoms with E-state index in [1.165, 1.54) is 6.07 Å². The largest absolute Gasteiger partial charge is 0.341 e. The molecule has 1 fully saturated rings. The molecule has 0 radical (unpaired) electrons. The van der Waals surface area contributed by atoms with Crippen LogP contribution in [0.2, 0.25) is 0 Å². The summed E-state index contributed by atoms with van der Waals surface area (Å²) < 4.78 is 28.4. The van der Waals surface area contributed by atoms with Gasteiger partial charge in [0.2, 0.25) is 15.9 Å². The van der Waals surface area contributed by atoms with Gasteiger partial charge in [0, 0.05) is 22.0 Å². The lowest BCUT2D eigenvalue weighted by Crippen LogP contribution is -2.45. The Bertz CT molecular complexity index is 643. The van der Waals surface area contributed by atoms with Crippen LogP contribution in [0.5, 0.6) is 0 Å². The minimum atomic E-state index is -3.75. The van der Waals surface area contributed by atoms with Crippen molar-refractivity contribution in [2.24, 2.45) is 0 Å². The highest BCUT2D eigenvalue weighted by molar-refractivity contribution is 9.11. The van der Waals surface area contributed by atoms with Gasteiger partial charge in [-0.25, -0.2) is 8.42 Å². The Balaban J connectivity index is 2.14. The Morgan fingerprint density at radius 1 is 1.29 bits per heavy atom. The van der Waals surface area contributed by atoms with Gasteiger partial charge in [0.25, 0.3) is 0 Å². The summed E-state index contributed by atoms with van der Waals surface area (Å²) in [6.07, 6.45) is 1.95. The first-order valence-corrected chi connectivity index (χ1v) is 9.64. The number of nitrogens with one attached hydrogen (secondary N) is 1. The molecule has 1 N–H and O–H groups in total. The van der Waals surface area contributed by atoms with Crippen LogP contribution in [0.25, 0.3) is 0 Å². The van der Waals surface area contributed by atoms with Crippen molar-refractivity contribution in [2.45, 2.75) is 30.7 Å². The van der Waals surface area contributed by atoms with Gasteiger partial charge in [-0.3, -0.25) is 4.79 Å². The Kier molecular flexibility index (Phi) is 5.45. The Morgan fingerprint density at radius 2 is 1.90 bits per heavy atom. The maximum atomic E-state index is 12.4. The van der Waals surface area contributed by atoms with Crippen LogP contribution in [0.3, 0.4) is 0 Å². The molecular formula is C13H16Br2N2O3S. The zero-order valence-corrected chi connectivity index (χ0v) is 15.5. The van der Waals surface area contributed by atoms with Gasteiger partial charge in [0.05, 0.1) is 10.9 Å². The molecule has 1 unspecified atom stereocenters. The molecule has 0 bridgehead atoms. The van der Waals surface area contributed by atoms with Crippen molar-refractivity contribution in [3.8, 4) is 0 Å². The summed E-state index contributed by atoms with van der Waals surface area (Å²) in [6, 6.07) is 4.01. The maximum absolute atomic E-state index is 12.4. The first-order chi connectivity index (χ1) is 9.81. The number of carbonyl (C=O) groups excluding carboxylic acids is 1. The number of hydrogen-bond donors (Lipinski definition) is 1. The average molecular weight is 440 g/mol. The molecule has 0 aliphatic carbocycles. The molecule has 21 heavy (non-hydrogen) atoms. The fourth-order valence-electron chi connectivity index (χ4n) is 2.25. The first kappa shape index (κ1) is 16.9. The summed E-state index contributed by atoms with van der Waals surface area (Å²) in [5.41, 5.74) is 0. The molecule has 1 amide bonds. The van der Waals surface area contributed by atoms with E-state index in [4.69, 9.17) is 0 Å². The van der Waals surface area contributed by atoms with Crippen LogP contribution < -0.4 is 4.72 Å². The Morgan fingerprint density at radius 3 is 2.48 bits per heavy atom. The Hall–Kier alpha value is -0.440. The van der Waals surface area contributed by atoms with Gasteiger partial charge in [-0.15, -0.1) is 0 Å². The highest BCUT2D eigenvalue weighted by atomic mass is 79.9. The van der Waals surface area contributed by atoms with E-state index in [1.807, 2.05) is 0 Å². The summed E-state index contributed by atoms with van der Waals surface area (Å²) in [6.45, 7) is 2.98. The number of amides is 1. The molecule has 2 rings (SSSR count). The molecule has 1 aromatic carbocycles. The molecule has 1 heterocycles. The summed E-state index contributed by atoms with van der Waals surface area (Å²) >= 11 is 6.51. The predicted octanol–water partition coefficient (Wildman–Crippen LogP) is 2.50. The highest BCUT2D eigenvalue weighted by Gasteiger charge is 2.28. The normalized spacial score (nSPS) is 17.0. The summed E-state index contributed by atoms with van der Waals surface area (Å²) in [5.74, 6) is -0.177. The number of halogens is 2. The molecule has 116 valence electrons. The van der Waals surface area contributed by atoms with Crippen LogP contribution in [0.15, 0.2) is 32.0 Å². The molecule has 0 spiro atoms. The van der Waals surface area contributed by atoms with Crippen molar-refractivity contribution in [3.63, 3.8) is 0 Å². The monoisotopic (exact) mass is 438 g/mol. The van der Waals surface area contributed by atoms with Gasteiger partial charge in [-0.1, -0.05) is 15.9 Å². The zero-order valence-electron chi connectivity index (χ0n) is 11.5.